The highest BCUT2D eigenvalue weighted by molar-refractivity contribution is 5.75. The standard InChI is InChI=1S/C14H21NO2/c1-14(2,3)10-15(4)12(13(16)17)11-8-6-5-7-9-11/h5-9,12H,10H2,1-4H3,(H,16,17). The highest BCUT2D eigenvalue weighted by Gasteiger charge is 2.27. The normalized spacial score (nSPS) is 13.7. The smallest absolute Gasteiger partial charge is 0.325 e. The van der Waals surface area contributed by atoms with Crippen LogP contribution in [0.25, 0.3) is 0 Å². The molecule has 0 aliphatic rings. The molecule has 0 fully saturated rings. The minimum atomic E-state index is -0.803. The number of carbonyl (C=O) groups is 1. The van der Waals surface area contributed by atoms with E-state index in [4.69, 9.17) is 0 Å². The van der Waals surface area contributed by atoms with Crippen molar-refractivity contribution in [3.63, 3.8) is 0 Å². The van der Waals surface area contributed by atoms with Gasteiger partial charge >= 0.3 is 5.97 Å². The molecule has 0 bridgehead atoms. The Morgan fingerprint density at radius 1 is 1.29 bits per heavy atom. The largest absolute Gasteiger partial charge is 0.480 e. The molecule has 3 nitrogen and oxygen atoms in total. The first-order valence-electron chi connectivity index (χ1n) is 5.79. The van der Waals surface area contributed by atoms with Gasteiger partial charge in [-0.2, -0.15) is 0 Å². The lowest BCUT2D eigenvalue weighted by Crippen LogP contribution is -2.36. The monoisotopic (exact) mass is 235 g/mol. The van der Waals surface area contributed by atoms with Crippen molar-refractivity contribution >= 4 is 5.97 Å². The van der Waals surface area contributed by atoms with Crippen molar-refractivity contribution in [1.29, 1.82) is 0 Å². The zero-order valence-electron chi connectivity index (χ0n) is 11.0. The van der Waals surface area contributed by atoms with Crippen molar-refractivity contribution in [3.8, 4) is 0 Å². The van der Waals surface area contributed by atoms with Gasteiger partial charge in [-0.3, -0.25) is 9.69 Å². The van der Waals surface area contributed by atoms with Gasteiger partial charge in [0.1, 0.15) is 6.04 Å². The van der Waals surface area contributed by atoms with Crippen molar-refractivity contribution in [3.05, 3.63) is 35.9 Å². The molecule has 0 saturated carbocycles. The van der Waals surface area contributed by atoms with E-state index in [-0.39, 0.29) is 5.41 Å². The Kier molecular flexibility index (Phi) is 4.29. The van der Waals surface area contributed by atoms with E-state index in [2.05, 4.69) is 20.8 Å². The van der Waals surface area contributed by atoms with E-state index in [0.717, 1.165) is 12.1 Å². The van der Waals surface area contributed by atoms with E-state index in [0.29, 0.717) is 0 Å². The van der Waals surface area contributed by atoms with Crippen LogP contribution in [0.15, 0.2) is 30.3 Å². The molecular weight excluding hydrogens is 214 g/mol. The molecule has 94 valence electrons. The van der Waals surface area contributed by atoms with E-state index in [9.17, 15) is 9.90 Å². The van der Waals surface area contributed by atoms with Crippen LogP contribution in [0, 0.1) is 5.41 Å². The fourth-order valence-corrected chi connectivity index (χ4v) is 2.06. The molecule has 0 aliphatic carbocycles. The maximum Gasteiger partial charge on any atom is 0.325 e. The van der Waals surface area contributed by atoms with Crippen molar-refractivity contribution < 1.29 is 9.90 Å². The first kappa shape index (κ1) is 13.7. The zero-order valence-corrected chi connectivity index (χ0v) is 11.0. The average Bonchev–Trinajstić information content (AvgIpc) is 2.15. The molecule has 17 heavy (non-hydrogen) atoms. The minimum Gasteiger partial charge on any atom is -0.480 e. The summed E-state index contributed by atoms with van der Waals surface area (Å²) in [6.45, 7) is 7.05. The van der Waals surface area contributed by atoms with Gasteiger partial charge in [0.2, 0.25) is 0 Å². The summed E-state index contributed by atoms with van der Waals surface area (Å²) >= 11 is 0. The fraction of sp³-hybridized carbons (Fsp3) is 0.500. The Labute approximate surface area is 103 Å². The highest BCUT2D eigenvalue weighted by atomic mass is 16.4. The summed E-state index contributed by atoms with van der Waals surface area (Å²) < 4.78 is 0. The van der Waals surface area contributed by atoms with Crippen LogP contribution in [0.2, 0.25) is 0 Å². The molecule has 0 aliphatic heterocycles. The molecule has 0 spiro atoms. The maximum atomic E-state index is 11.4. The van der Waals surface area contributed by atoms with Gasteiger partial charge in [-0.15, -0.1) is 0 Å². The summed E-state index contributed by atoms with van der Waals surface area (Å²) in [6, 6.07) is 8.78. The molecule has 1 atom stereocenters. The van der Waals surface area contributed by atoms with Gasteiger partial charge in [0, 0.05) is 6.54 Å². The van der Waals surface area contributed by atoms with E-state index in [1.165, 1.54) is 0 Å². The molecule has 1 rings (SSSR count). The summed E-state index contributed by atoms with van der Waals surface area (Å²) in [7, 11) is 1.86. The SMILES string of the molecule is CN(CC(C)(C)C)C(C(=O)O)c1ccccc1. The van der Waals surface area contributed by atoms with Crippen LogP contribution < -0.4 is 0 Å². The number of aliphatic carboxylic acids is 1. The molecule has 0 radical (unpaired) electrons. The number of hydrogen-bond donors (Lipinski definition) is 1. The Morgan fingerprint density at radius 2 is 1.82 bits per heavy atom. The second-order valence-corrected chi connectivity index (χ2v) is 5.63. The van der Waals surface area contributed by atoms with Crippen LogP contribution in [-0.2, 0) is 4.79 Å². The molecule has 0 heterocycles. The molecule has 0 amide bonds. The highest BCUT2D eigenvalue weighted by Crippen LogP contribution is 2.24. The van der Waals surface area contributed by atoms with Gasteiger partial charge < -0.3 is 5.11 Å². The van der Waals surface area contributed by atoms with Crippen LogP contribution in [0.3, 0.4) is 0 Å². The topological polar surface area (TPSA) is 40.5 Å². The third-order valence-corrected chi connectivity index (χ3v) is 2.51. The second-order valence-electron chi connectivity index (χ2n) is 5.63. The summed E-state index contributed by atoms with van der Waals surface area (Å²) in [4.78, 5) is 13.3. The predicted octanol–water partition coefficient (Wildman–Crippen LogP) is 2.79. The van der Waals surface area contributed by atoms with E-state index < -0.39 is 12.0 Å². The Morgan fingerprint density at radius 3 is 2.24 bits per heavy atom. The van der Waals surface area contributed by atoms with Gasteiger partial charge in [-0.25, -0.2) is 0 Å². The van der Waals surface area contributed by atoms with Crippen LogP contribution in [0.4, 0.5) is 0 Å². The maximum absolute atomic E-state index is 11.4. The second kappa shape index (κ2) is 5.32. The molecule has 1 unspecified atom stereocenters. The van der Waals surface area contributed by atoms with Crippen molar-refractivity contribution in [2.45, 2.75) is 26.8 Å². The molecule has 0 saturated heterocycles. The molecular formula is C14H21NO2. The van der Waals surface area contributed by atoms with E-state index >= 15 is 0 Å². The third kappa shape index (κ3) is 4.19. The van der Waals surface area contributed by atoms with E-state index in [1.807, 2.05) is 42.3 Å². The molecule has 1 aromatic carbocycles. The van der Waals surface area contributed by atoms with Crippen LogP contribution >= 0.6 is 0 Å². The van der Waals surface area contributed by atoms with Gasteiger partial charge in [0.25, 0.3) is 0 Å². The first-order chi connectivity index (χ1) is 7.81. The van der Waals surface area contributed by atoms with Crippen LogP contribution in [0.1, 0.15) is 32.4 Å². The van der Waals surface area contributed by atoms with Gasteiger partial charge in [0.05, 0.1) is 0 Å². The summed E-state index contributed by atoms with van der Waals surface area (Å²) in [6.07, 6.45) is 0. The number of hydrogen-bond acceptors (Lipinski definition) is 2. The Balaban J connectivity index is 2.91. The average molecular weight is 235 g/mol. The fourth-order valence-electron chi connectivity index (χ4n) is 2.06. The minimum absolute atomic E-state index is 0.0806. The zero-order chi connectivity index (χ0) is 13.1. The Bertz CT molecular complexity index is 368. The lowest BCUT2D eigenvalue weighted by atomic mass is 9.94. The summed E-state index contributed by atoms with van der Waals surface area (Å²) in [5, 5.41) is 9.35. The number of carboxylic acid groups (broad SMARTS) is 1. The molecule has 1 N–H and O–H groups in total. The molecule has 0 aromatic heterocycles. The first-order valence-corrected chi connectivity index (χ1v) is 5.79. The number of benzene rings is 1. The third-order valence-electron chi connectivity index (χ3n) is 2.51. The number of likely N-dealkylation sites (N-methyl/N-ethyl adjacent to an activating group) is 1. The van der Waals surface area contributed by atoms with Gasteiger partial charge in [-0.05, 0) is 18.0 Å². The summed E-state index contributed by atoms with van der Waals surface area (Å²) in [5.74, 6) is -0.803. The molecule has 3 heteroatoms. The predicted molar refractivity (Wildman–Crippen MR) is 68.9 cm³/mol. The lowest BCUT2D eigenvalue weighted by molar-refractivity contribution is -0.143. The van der Waals surface area contributed by atoms with Crippen molar-refractivity contribution in [2.24, 2.45) is 5.41 Å². The van der Waals surface area contributed by atoms with Crippen molar-refractivity contribution in [2.75, 3.05) is 13.6 Å². The summed E-state index contributed by atoms with van der Waals surface area (Å²) in [5.41, 5.74) is 0.906. The quantitative estimate of drug-likeness (QED) is 0.872. The van der Waals surface area contributed by atoms with Crippen LogP contribution in [0.5, 0.6) is 0 Å². The number of carboxylic acids is 1. The van der Waals surface area contributed by atoms with Crippen LogP contribution in [-0.4, -0.2) is 29.6 Å². The van der Waals surface area contributed by atoms with E-state index in [1.54, 1.807) is 0 Å². The van der Waals surface area contributed by atoms with Gasteiger partial charge in [0.15, 0.2) is 0 Å². The lowest BCUT2D eigenvalue weighted by Gasteiger charge is -2.31. The molecule has 1 aromatic rings. The number of rotatable bonds is 4. The number of nitrogens with zero attached hydrogens (tertiary/aromatic N) is 1. The van der Waals surface area contributed by atoms with Crippen molar-refractivity contribution in [1.82, 2.24) is 4.90 Å². The van der Waals surface area contributed by atoms with Gasteiger partial charge in [-0.1, -0.05) is 51.1 Å². The Hall–Kier alpha value is -1.35.